The first-order valence-electron chi connectivity index (χ1n) is 15.2. The second kappa shape index (κ2) is 16.3. The van der Waals surface area contributed by atoms with Gasteiger partial charge in [0.1, 0.15) is 19.0 Å². The van der Waals surface area contributed by atoms with E-state index in [4.69, 9.17) is 14.2 Å². The quantitative estimate of drug-likeness (QED) is 0.127. The van der Waals surface area contributed by atoms with Gasteiger partial charge in [-0.3, -0.25) is 4.90 Å². The summed E-state index contributed by atoms with van der Waals surface area (Å²) in [5, 5.41) is 11.5. The van der Waals surface area contributed by atoms with Crippen molar-refractivity contribution in [1.82, 2.24) is 4.90 Å². The molecule has 0 unspecified atom stereocenters. The van der Waals surface area contributed by atoms with Gasteiger partial charge >= 0.3 is 0 Å². The zero-order valence-corrected chi connectivity index (χ0v) is 25.3. The number of hydrogen-bond donors (Lipinski definition) is 1. The monoisotopic (exact) mass is 587 g/mol. The van der Waals surface area contributed by atoms with Gasteiger partial charge in [-0.05, 0) is 71.5 Å². The molecule has 0 heterocycles. The van der Waals surface area contributed by atoms with Crippen LogP contribution < -0.4 is 14.2 Å². The van der Waals surface area contributed by atoms with Crippen molar-refractivity contribution in [3.8, 4) is 17.2 Å². The van der Waals surface area contributed by atoms with E-state index < -0.39 is 6.10 Å². The van der Waals surface area contributed by atoms with E-state index in [1.165, 1.54) is 11.1 Å². The molecule has 1 N–H and O–H groups in total. The van der Waals surface area contributed by atoms with Gasteiger partial charge < -0.3 is 19.3 Å². The summed E-state index contributed by atoms with van der Waals surface area (Å²) in [7, 11) is 1.69. The molecule has 0 aliphatic carbocycles. The minimum atomic E-state index is -0.693. The molecule has 0 fully saturated rings. The minimum absolute atomic E-state index is 0.410. The first kappa shape index (κ1) is 30.9. The fourth-order valence-corrected chi connectivity index (χ4v) is 5.16. The maximum atomic E-state index is 11.5. The summed E-state index contributed by atoms with van der Waals surface area (Å²) < 4.78 is 17.8. The maximum absolute atomic E-state index is 11.5. The Morgan fingerprint density at radius 1 is 0.614 bits per heavy atom. The van der Waals surface area contributed by atoms with Crippen LogP contribution in [0.2, 0.25) is 0 Å². The summed E-state index contributed by atoms with van der Waals surface area (Å²) in [5.41, 5.74) is 5.45. The molecule has 0 saturated heterocycles. The highest BCUT2D eigenvalue weighted by atomic mass is 16.5. The molecule has 0 bridgehead atoms. The lowest BCUT2D eigenvalue weighted by Gasteiger charge is -2.26. The van der Waals surface area contributed by atoms with E-state index in [9.17, 15) is 5.11 Å². The summed E-state index contributed by atoms with van der Waals surface area (Å²) in [6.07, 6.45) is 1.24. The molecular formula is C39H41NO4. The second-order valence-corrected chi connectivity index (χ2v) is 10.9. The van der Waals surface area contributed by atoms with Crippen LogP contribution in [0.5, 0.6) is 17.2 Å². The highest BCUT2D eigenvalue weighted by Gasteiger charge is 2.17. The van der Waals surface area contributed by atoms with Gasteiger partial charge in [0.15, 0.2) is 11.5 Å². The highest BCUT2D eigenvalue weighted by molar-refractivity contribution is 5.44. The van der Waals surface area contributed by atoms with Crippen LogP contribution in [0.3, 0.4) is 0 Å². The number of nitrogens with zero attached hydrogens (tertiary/aromatic N) is 1. The summed E-state index contributed by atoms with van der Waals surface area (Å²) in [5.74, 6) is 2.14. The number of aliphatic hydroxyl groups is 1. The Bertz CT molecular complexity index is 1530. The van der Waals surface area contributed by atoms with Gasteiger partial charge in [-0.2, -0.15) is 0 Å². The van der Waals surface area contributed by atoms with Crippen LogP contribution in [0.15, 0.2) is 133 Å². The van der Waals surface area contributed by atoms with Crippen molar-refractivity contribution in [2.45, 2.75) is 38.7 Å². The summed E-state index contributed by atoms with van der Waals surface area (Å²) in [6.45, 7) is 2.96. The van der Waals surface area contributed by atoms with Crippen molar-refractivity contribution in [2.75, 3.05) is 20.2 Å². The van der Waals surface area contributed by atoms with E-state index in [0.717, 1.165) is 48.4 Å². The number of rotatable bonds is 16. The number of benzene rings is 5. The van der Waals surface area contributed by atoms with Crippen LogP contribution in [0.4, 0.5) is 0 Å². The number of aliphatic hydroxyl groups excluding tert-OH is 1. The average molecular weight is 588 g/mol. The zero-order valence-electron chi connectivity index (χ0n) is 25.3. The smallest absolute Gasteiger partial charge is 0.162 e. The molecule has 0 aromatic heterocycles. The van der Waals surface area contributed by atoms with E-state index >= 15 is 0 Å². The van der Waals surface area contributed by atoms with E-state index in [1.807, 2.05) is 97.1 Å². The molecule has 5 nitrogen and oxygen atoms in total. The Morgan fingerprint density at radius 3 is 1.77 bits per heavy atom. The molecule has 0 radical (unpaired) electrons. The Balaban J connectivity index is 1.29. The molecule has 226 valence electrons. The predicted molar refractivity (Wildman–Crippen MR) is 176 cm³/mol. The van der Waals surface area contributed by atoms with E-state index in [-0.39, 0.29) is 0 Å². The third-order valence-corrected chi connectivity index (χ3v) is 7.61. The lowest BCUT2D eigenvalue weighted by atomic mass is 10.1. The van der Waals surface area contributed by atoms with E-state index in [0.29, 0.717) is 31.3 Å². The Labute approximate surface area is 261 Å². The lowest BCUT2D eigenvalue weighted by Crippen LogP contribution is -2.29. The van der Waals surface area contributed by atoms with E-state index in [2.05, 4.69) is 41.3 Å². The number of aryl methyl sites for hydroxylation is 1. The maximum Gasteiger partial charge on any atom is 0.162 e. The molecule has 44 heavy (non-hydrogen) atoms. The van der Waals surface area contributed by atoms with Gasteiger partial charge in [0.05, 0.1) is 13.2 Å². The fourth-order valence-electron chi connectivity index (χ4n) is 5.16. The molecule has 0 saturated carbocycles. The van der Waals surface area contributed by atoms with Crippen LogP contribution in [0, 0.1) is 0 Å². The number of hydrogen-bond acceptors (Lipinski definition) is 5. The molecule has 0 aliphatic rings. The topological polar surface area (TPSA) is 51.2 Å². The van der Waals surface area contributed by atoms with Crippen molar-refractivity contribution < 1.29 is 19.3 Å². The number of methoxy groups -OCH3 is 1. The predicted octanol–water partition coefficient (Wildman–Crippen LogP) is 8.02. The Morgan fingerprint density at radius 2 is 1.18 bits per heavy atom. The molecular weight excluding hydrogens is 546 g/mol. The molecule has 5 heteroatoms. The lowest BCUT2D eigenvalue weighted by molar-refractivity contribution is 0.108. The molecule has 0 spiro atoms. The van der Waals surface area contributed by atoms with Crippen LogP contribution in [-0.4, -0.2) is 30.2 Å². The van der Waals surface area contributed by atoms with Crippen molar-refractivity contribution in [1.29, 1.82) is 0 Å². The third-order valence-electron chi connectivity index (χ3n) is 7.61. The summed E-state index contributed by atoms with van der Waals surface area (Å²) in [4.78, 5) is 2.33. The van der Waals surface area contributed by atoms with Crippen LogP contribution in [0.25, 0.3) is 0 Å². The van der Waals surface area contributed by atoms with Crippen molar-refractivity contribution in [3.05, 3.63) is 161 Å². The first-order chi connectivity index (χ1) is 21.7. The molecule has 5 aromatic carbocycles. The molecule has 0 aliphatic heterocycles. The van der Waals surface area contributed by atoms with Gasteiger partial charge in [-0.1, -0.05) is 109 Å². The van der Waals surface area contributed by atoms with Crippen molar-refractivity contribution in [3.63, 3.8) is 0 Å². The van der Waals surface area contributed by atoms with E-state index in [1.54, 1.807) is 7.11 Å². The first-order valence-corrected chi connectivity index (χ1v) is 15.2. The zero-order chi connectivity index (χ0) is 30.4. The van der Waals surface area contributed by atoms with Gasteiger partial charge in [-0.15, -0.1) is 0 Å². The molecule has 5 rings (SSSR count). The van der Waals surface area contributed by atoms with Crippen molar-refractivity contribution >= 4 is 0 Å². The van der Waals surface area contributed by atoms with Gasteiger partial charge in [0.2, 0.25) is 0 Å². The van der Waals surface area contributed by atoms with Crippen LogP contribution >= 0.6 is 0 Å². The fraction of sp³-hybridized carbons (Fsp3) is 0.231. The second-order valence-electron chi connectivity index (χ2n) is 10.9. The van der Waals surface area contributed by atoms with Crippen LogP contribution in [-0.2, 0) is 26.2 Å². The largest absolute Gasteiger partial charge is 0.497 e. The molecule has 1 atom stereocenters. The summed E-state index contributed by atoms with van der Waals surface area (Å²) in [6, 6.07) is 44.6. The SMILES string of the molecule is COc1ccc(CCCN(Cc2ccccc2)C[C@@H](O)c2ccc(OCc3ccccc3)c(OCc3ccccc3)c2)cc1. The average Bonchev–Trinajstić information content (AvgIpc) is 3.08. The standard InChI is InChI=1S/C39H41NO4/c1-42-36-22-19-31(20-23-36)18-11-25-40(27-32-12-5-2-6-13-32)28-37(41)35-21-24-38(43-29-33-14-7-3-8-15-33)39(26-35)44-30-34-16-9-4-10-17-34/h2-10,12-17,19-24,26,37,41H,11,18,25,27-30H2,1H3/t37-/m1/s1. The Hall–Kier alpha value is -4.58. The van der Waals surface area contributed by atoms with Gasteiger partial charge in [0.25, 0.3) is 0 Å². The van der Waals surface area contributed by atoms with Gasteiger partial charge in [-0.25, -0.2) is 0 Å². The van der Waals surface area contributed by atoms with Crippen molar-refractivity contribution in [2.24, 2.45) is 0 Å². The Kier molecular flexibility index (Phi) is 11.4. The normalized spacial score (nSPS) is 11.7. The number of ether oxygens (including phenoxy) is 3. The third kappa shape index (κ3) is 9.46. The minimum Gasteiger partial charge on any atom is -0.497 e. The van der Waals surface area contributed by atoms with Gasteiger partial charge in [0, 0.05) is 13.1 Å². The molecule has 5 aromatic rings. The highest BCUT2D eigenvalue weighted by Crippen LogP contribution is 2.32. The molecule has 0 amide bonds. The van der Waals surface area contributed by atoms with Crippen LogP contribution in [0.1, 0.15) is 40.3 Å². The summed E-state index contributed by atoms with van der Waals surface area (Å²) >= 11 is 0.